The van der Waals surface area contributed by atoms with E-state index in [0.717, 1.165) is 16.7 Å². The number of fused-ring (bicyclic) bond motifs is 1. The predicted molar refractivity (Wildman–Crippen MR) is 84.2 cm³/mol. The van der Waals surface area contributed by atoms with Crippen molar-refractivity contribution in [1.29, 1.82) is 0 Å². The van der Waals surface area contributed by atoms with Crippen LogP contribution in [0.2, 0.25) is 0 Å². The van der Waals surface area contributed by atoms with Crippen molar-refractivity contribution in [1.82, 2.24) is 9.97 Å². The van der Waals surface area contributed by atoms with Crippen LogP contribution in [0.15, 0.2) is 46.8 Å². The number of rotatable bonds is 4. The van der Waals surface area contributed by atoms with Crippen LogP contribution in [0.1, 0.15) is 0 Å². The number of anilines is 2. The monoisotopic (exact) mass is 320 g/mol. The summed E-state index contributed by atoms with van der Waals surface area (Å²) in [6, 6.07) is 8.44. The molecule has 0 saturated carbocycles. The zero-order valence-corrected chi connectivity index (χ0v) is 12.7. The van der Waals surface area contributed by atoms with Gasteiger partial charge in [-0.15, -0.1) is 11.3 Å². The predicted octanol–water partition coefficient (Wildman–Crippen LogP) is 2.53. The molecule has 2 aromatic heterocycles. The van der Waals surface area contributed by atoms with E-state index in [1.165, 1.54) is 17.4 Å². The Morgan fingerprint density at radius 1 is 1.19 bits per heavy atom. The molecule has 0 bridgehead atoms. The van der Waals surface area contributed by atoms with Crippen LogP contribution in [-0.4, -0.2) is 25.4 Å². The van der Waals surface area contributed by atoms with Gasteiger partial charge < -0.3 is 5.32 Å². The lowest BCUT2D eigenvalue weighted by Gasteiger charge is -2.07. The molecule has 0 aliphatic carbocycles. The first-order valence-corrected chi connectivity index (χ1v) is 8.46. The SMILES string of the molecule is CNc1ccc2cc(S(=O)(=O)Nc3nccs3)ccc2n1. The highest BCUT2D eigenvalue weighted by Crippen LogP contribution is 2.22. The van der Waals surface area contributed by atoms with Crippen molar-refractivity contribution >= 4 is 43.2 Å². The van der Waals surface area contributed by atoms with Crippen LogP contribution in [0.25, 0.3) is 10.9 Å². The number of aromatic nitrogens is 2. The van der Waals surface area contributed by atoms with Crippen molar-refractivity contribution in [2.45, 2.75) is 4.90 Å². The van der Waals surface area contributed by atoms with Crippen LogP contribution in [0, 0.1) is 0 Å². The molecule has 0 spiro atoms. The van der Waals surface area contributed by atoms with E-state index in [0.29, 0.717) is 5.13 Å². The van der Waals surface area contributed by atoms with E-state index in [1.807, 2.05) is 6.07 Å². The standard InChI is InChI=1S/C13H12N4O2S2/c1-14-12-5-2-9-8-10(3-4-11(9)16-12)21(18,19)17-13-15-6-7-20-13/h2-8H,1H3,(H,14,16)(H,15,17). The normalized spacial score (nSPS) is 11.5. The Balaban J connectivity index is 2.00. The fourth-order valence-corrected chi connectivity index (χ4v) is 3.68. The minimum absolute atomic E-state index is 0.184. The van der Waals surface area contributed by atoms with E-state index in [-0.39, 0.29) is 4.90 Å². The van der Waals surface area contributed by atoms with Gasteiger partial charge in [0.2, 0.25) is 0 Å². The molecule has 0 aliphatic heterocycles. The molecule has 21 heavy (non-hydrogen) atoms. The number of thiazole rings is 1. The lowest BCUT2D eigenvalue weighted by molar-refractivity contribution is 0.601. The summed E-state index contributed by atoms with van der Waals surface area (Å²) in [5.74, 6) is 0.735. The van der Waals surface area contributed by atoms with Crippen molar-refractivity contribution in [2.75, 3.05) is 17.1 Å². The highest BCUT2D eigenvalue weighted by molar-refractivity contribution is 7.93. The first-order valence-electron chi connectivity index (χ1n) is 6.09. The average Bonchev–Trinajstić information content (AvgIpc) is 2.98. The van der Waals surface area contributed by atoms with Gasteiger partial charge in [-0.3, -0.25) is 4.72 Å². The van der Waals surface area contributed by atoms with Gasteiger partial charge in [-0.05, 0) is 30.3 Å². The second-order valence-corrected chi connectivity index (χ2v) is 6.82. The molecule has 3 rings (SSSR count). The van der Waals surface area contributed by atoms with Gasteiger partial charge in [-0.25, -0.2) is 18.4 Å². The van der Waals surface area contributed by atoms with Gasteiger partial charge in [0.1, 0.15) is 5.82 Å². The highest BCUT2D eigenvalue weighted by atomic mass is 32.2. The summed E-state index contributed by atoms with van der Waals surface area (Å²) in [5, 5.41) is 5.76. The first kappa shape index (κ1) is 13.8. The van der Waals surface area contributed by atoms with Gasteiger partial charge in [0.05, 0.1) is 10.4 Å². The number of sulfonamides is 1. The van der Waals surface area contributed by atoms with Gasteiger partial charge in [0.25, 0.3) is 10.0 Å². The van der Waals surface area contributed by atoms with Crippen molar-refractivity contribution in [3.05, 3.63) is 41.9 Å². The number of nitrogens with one attached hydrogen (secondary N) is 2. The molecule has 1 aromatic carbocycles. The Kier molecular flexibility index (Phi) is 3.48. The minimum atomic E-state index is -3.64. The maximum Gasteiger partial charge on any atom is 0.263 e. The molecule has 3 aromatic rings. The van der Waals surface area contributed by atoms with E-state index in [1.54, 1.807) is 36.8 Å². The van der Waals surface area contributed by atoms with Gasteiger partial charge in [-0.1, -0.05) is 0 Å². The fraction of sp³-hybridized carbons (Fsp3) is 0.0769. The number of hydrogen-bond donors (Lipinski definition) is 2. The summed E-state index contributed by atoms with van der Waals surface area (Å²) in [7, 11) is -1.85. The summed E-state index contributed by atoms with van der Waals surface area (Å²) < 4.78 is 27.0. The number of benzene rings is 1. The summed E-state index contributed by atoms with van der Waals surface area (Å²) in [4.78, 5) is 8.46. The molecule has 0 aliphatic rings. The Labute approximate surface area is 125 Å². The molecule has 2 N–H and O–H groups in total. The Morgan fingerprint density at radius 2 is 2.05 bits per heavy atom. The van der Waals surface area contributed by atoms with Gasteiger partial charge in [-0.2, -0.15) is 0 Å². The van der Waals surface area contributed by atoms with Crippen molar-refractivity contribution in [3.63, 3.8) is 0 Å². The van der Waals surface area contributed by atoms with Gasteiger partial charge in [0, 0.05) is 24.0 Å². The van der Waals surface area contributed by atoms with E-state index < -0.39 is 10.0 Å². The quantitative estimate of drug-likeness (QED) is 0.772. The maximum absolute atomic E-state index is 12.3. The van der Waals surface area contributed by atoms with E-state index in [9.17, 15) is 8.42 Å². The van der Waals surface area contributed by atoms with Crippen LogP contribution in [0.3, 0.4) is 0 Å². The third-order valence-corrected chi connectivity index (χ3v) is 5.04. The van der Waals surface area contributed by atoms with Crippen LogP contribution in [0.4, 0.5) is 10.9 Å². The van der Waals surface area contributed by atoms with Crippen LogP contribution < -0.4 is 10.0 Å². The average molecular weight is 320 g/mol. The Morgan fingerprint density at radius 3 is 2.76 bits per heavy atom. The van der Waals surface area contributed by atoms with E-state index >= 15 is 0 Å². The summed E-state index contributed by atoms with van der Waals surface area (Å²) in [6.07, 6.45) is 1.55. The van der Waals surface area contributed by atoms with Gasteiger partial charge >= 0.3 is 0 Å². The Bertz CT molecular complexity index is 876. The van der Waals surface area contributed by atoms with Crippen LogP contribution in [-0.2, 0) is 10.0 Å². The van der Waals surface area contributed by atoms with E-state index in [4.69, 9.17) is 0 Å². The molecule has 0 saturated heterocycles. The molecular formula is C13H12N4O2S2. The zero-order chi connectivity index (χ0) is 14.9. The van der Waals surface area contributed by atoms with Crippen LogP contribution >= 0.6 is 11.3 Å². The zero-order valence-electron chi connectivity index (χ0n) is 11.1. The number of nitrogens with zero attached hydrogens (tertiary/aromatic N) is 2. The lowest BCUT2D eigenvalue weighted by atomic mass is 10.2. The number of pyridine rings is 1. The Hall–Kier alpha value is -2.19. The molecule has 0 amide bonds. The first-order chi connectivity index (χ1) is 10.1. The van der Waals surface area contributed by atoms with Crippen molar-refractivity contribution in [2.24, 2.45) is 0 Å². The molecule has 0 radical (unpaired) electrons. The number of hydrogen-bond acceptors (Lipinski definition) is 6. The third-order valence-electron chi connectivity index (χ3n) is 2.88. The summed E-state index contributed by atoms with van der Waals surface area (Å²) in [6.45, 7) is 0. The molecule has 0 unspecified atom stereocenters. The molecule has 108 valence electrons. The third kappa shape index (κ3) is 2.81. The van der Waals surface area contributed by atoms with Gasteiger partial charge in [0.15, 0.2) is 5.13 Å². The minimum Gasteiger partial charge on any atom is -0.373 e. The molecule has 0 fully saturated rings. The van der Waals surface area contributed by atoms with Crippen molar-refractivity contribution in [3.8, 4) is 0 Å². The van der Waals surface area contributed by atoms with E-state index in [2.05, 4.69) is 20.0 Å². The lowest BCUT2D eigenvalue weighted by Crippen LogP contribution is -2.12. The molecule has 6 nitrogen and oxygen atoms in total. The van der Waals surface area contributed by atoms with Crippen molar-refractivity contribution < 1.29 is 8.42 Å². The summed E-state index contributed by atoms with van der Waals surface area (Å²) >= 11 is 1.23. The second-order valence-electron chi connectivity index (χ2n) is 4.24. The summed E-state index contributed by atoms with van der Waals surface area (Å²) in [5.41, 5.74) is 0.732. The molecule has 2 heterocycles. The smallest absolute Gasteiger partial charge is 0.263 e. The van der Waals surface area contributed by atoms with Crippen LogP contribution in [0.5, 0.6) is 0 Å². The molecule has 0 atom stereocenters. The topological polar surface area (TPSA) is 84.0 Å². The largest absolute Gasteiger partial charge is 0.373 e. The molecule has 8 heteroatoms. The maximum atomic E-state index is 12.3. The second kappa shape index (κ2) is 5.30. The molecular weight excluding hydrogens is 308 g/mol. The fourth-order valence-electron chi connectivity index (χ4n) is 1.86. The highest BCUT2D eigenvalue weighted by Gasteiger charge is 2.16.